The normalized spacial score (nSPS) is 11.7. The summed E-state index contributed by atoms with van der Waals surface area (Å²) in [5.74, 6) is -0.341. The number of carbonyl (C=O) groups excluding carboxylic acids is 2. The molecule has 0 aromatic heterocycles. The summed E-state index contributed by atoms with van der Waals surface area (Å²) in [6.45, 7) is 14.6. The van der Waals surface area contributed by atoms with E-state index >= 15 is 0 Å². The molecule has 0 aromatic rings. The number of guanidine groups is 1. The van der Waals surface area contributed by atoms with Crippen molar-refractivity contribution in [3.63, 3.8) is 0 Å². The van der Waals surface area contributed by atoms with Crippen LogP contribution in [-0.2, 0) is 9.47 Å². The third kappa shape index (κ3) is 12.6. The van der Waals surface area contributed by atoms with Crippen molar-refractivity contribution < 1.29 is 19.1 Å². The Hall–Kier alpha value is -1.79. The molecule has 26 heavy (non-hydrogen) atoms. The van der Waals surface area contributed by atoms with Crippen LogP contribution in [0.5, 0.6) is 0 Å². The number of nitrogens with zero attached hydrogens (tertiary/aromatic N) is 1. The number of ether oxygens (including phenoxy) is 2. The van der Waals surface area contributed by atoms with E-state index in [4.69, 9.17) is 14.9 Å². The van der Waals surface area contributed by atoms with Crippen LogP contribution < -0.4 is 5.32 Å². The Morgan fingerprint density at radius 1 is 0.923 bits per heavy atom. The van der Waals surface area contributed by atoms with Gasteiger partial charge in [0.2, 0.25) is 5.96 Å². The molecule has 0 aliphatic rings. The van der Waals surface area contributed by atoms with Gasteiger partial charge in [-0.3, -0.25) is 10.7 Å². The highest BCUT2D eigenvalue weighted by Gasteiger charge is 2.27. The van der Waals surface area contributed by atoms with Crippen LogP contribution in [0.1, 0.15) is 80.1 Å². The van der Waals surface area contributed by atoms with Gasteiger partial charge in [-0.15, -0.1) is 0 Å². The lowest BCUT2D eigenvalue weighted by Gasteiger charge is -2.28. The molecule has 0 saturated carbocycles. The van der Waals surface area contributed by atoms with E-state index in [-0.39, 0.29) is 5.96 Å². The summed E-state index contributed by atoms with van der Waals surface area (Å²) in [5.41, 5.74) is -1.37. The fraction of sp³-hybridized carbons (Fsp3) is 0.789. The van der Waals surface area contributed by atoms with E-state index in [1.54, 1.807) is 41.5 Å². The molecule has 151 valence electrons. The molecule has 0 atom stereocenters. The lowest BCUT2D eigenvalue weighted by Crippen LogP contribution is -2.49. The molecule has 2 amide bonds. The summed E-state index contributed by atoms with van der Waals surface area (Å²) in [6.07, 6.45) is 4.38. The zero-order chi connectivity index (χ0) is 20.4. The first-order chi connectivity index (χ1) is 11.9. The maximum Gasteiger partial charge on any atom is 0.417 e. The third-order valence-electron chi connectivity index (χ3n) is 3.13. The molecule has 0 unspecified atom stereocenters. The van der Waals surface area contributed by atoms with Crippen molar-refractivity contribution in [2.24, 2.45) is 0 Å². The SMILES string of the molecule is [CH2]CCCCCCCN(C(=N)NC(=O)OC(C)(C)C)C(=O)OC(C)(C)C. The Labute approximate surface area is 158 Å². The molecule has 7 nitrogen and oxygen atoms in total. The molecule has 0 rings (SSSR count). The second-order valence-corrected chi connectivity index (χ2v) is 8.23. The smallest absolute Gasteiger partial charge is 0.417 e. The van der Waals surface area contributed by atoms with Crippen molar-refractivity contribution >= 4 is 18.1 Å². The van der Waals surface area contributed by atoms with Crippen molar-refractivity contribution in [2.75, 3.05) is 6.54 Å². The fourth-order valence-electron chi connectivity index (χ4n) is 2.06. The molecule has 0 spiro atoms. The highest BCUT2D eigenvalue weighted by molar-refractivity contribution is 5.99. The van der Waals surface area contributed by atoms with Crippen molar-refractivity contribution in [3.8, 4) is 0 Å². The Morgan fingerprint density at radius 3 is 1.92 bits per heavy atom. The quantitative estimate of drug-likeness (QED) is 0.380. The summed E-state index contributed by atoms with van der Waals surface area (Å²) in [7, 11) is 0. The second kappa shape index (κ2) is 11.0. The molecule has 0 aromatic carbocycles. The molecular weight excluding hydrogens is 334 g/mol. The molecule has 0 aliphatic carbocycles. The summed E-state index contributed by atoms with van der Waals surface area (Å²) >= 11 is 0. The summed E-state index contributed by atoms with van der Waals surface area (Å²) < 4.78 is 10.5. The van der Waals surface area contributed by atoms with Crippen molar-refractivity contribution in [1.82, 2.24) is 10.2 Å². The number of hydrogen-bond acceptors (Lipinski definition) is 5. The predicted octanol–water partition coefficient (Wildman–Crippen LogP) is 4.86. The average Bonchev–Trinajstić information content (AvgIpc) is 2.41. The maximum absolute atomic E-state index is 12.4. The van der Waals surface area contributed by atoms with E-state index in [1.807, 2.05) is 0 Å². The van der Waals surface area contributed by atoms with Crippen LogP contribution in [0.25, 0.3) is 0 Å². The van der Waals surface area contributed by atoms with Gasteiger partial charge in [0.25, 0.3) is 0 Å². The zero-order valence-electron chi connectivity index (χ0n) is 17.2. The highest BCUT2D eigenvalue weighted by atomic mass is 16.6. The van der Waals surface area contributed by atoms with Gasteiger partial charge in [0.15, 0.2) is 0 Å². The van der Waals surface area contributed by atoms with Crippen LogP contribution in [0.4, 0.5) is 9.59 Å². The van der Waals surface area contributed by atoms with E-state index in [1.165, 1.54) is 0 Å². The van der Waals surface area contributed by atoms with Gasteiger partial charge in [0.05, 0.1) is 0 Å². The molecular formula is C19H36N3O4. The number of carbonyl (C=O) groups is 2. The number of rotatable bonds is 7. The Bertz CT molecular complexity index is 464. The van der Waals surface area contributed by atoms with Crippen LogP contribution in [0.3, 0.4) is 0 Å². The lowest BCUT2D eigenvalue weighted by molar-refractivity contribution is 0.0355. The van der Waals surface area contributed by atoms with Gasteiger partial charge in [-0.1, -0.05) is 39.0 Å². The van der Waals surface area contributed by atoms with Crippen LogP contribution in [0, 0.1) is 12.3 Å². The van der Waals surface area contributed by atoms with Crippen LogP contribution in [-0.4, -0.2) is 40.8 Å². The molecule has 0 saturated heterocycles. The van der Waals surface area contributed by atoms with Gasteiger partial charge in [-0.2, -0.15) is 0 Å². The molecule has 7 heteroatoms. The van der Waals surface area contributed by atoms with Crippen molar-refractivity contribution in [2.45, 2.75) is 91.3 Å². The first-order valence-corrected chi connectivity index (χ1v) is 9.24. The van der Waals surface area contributed by atoms with Gasteiger partial charge in [-0.25, -0.2) is 14.5 Å². The molecule has 0 fully saturated rings. The largest absolute Gasteiger partial charge is 0.444 e. The predicted molar refractivity (Wildman–Crippen MR) is 103 cm³/mol. The minimum absolute atomic E-state index is 0.300. The van der Waals surface area contributed by atoms with Gasteiger partial charge in [0.1, 0.15) is 11.2 Å². The van der Waals surface area contributed by atoms with Crippen LogP contribution in [0.2, 0.25) is 0 Å². The number of hydrogen-bond donors (Lipinski definition) is 2. The van der Waals surface area contributed by atoms with Gasteiger partial charge < -0.3 is 9.47 Å². The molecule has 0 aliphatic heterocycles. The van der Waals surface area contributed by atoms with Gasteiger partial charge in [0, 0.05) is 6.54 Å². The standard InChI is InChI=1S/C19H36N3O4/c1-8-9-10-11-12-13-14-22(17(24)26-19(5,6)7)15(20)21-16(23)25-18(2,3)4/h1,8-14H2,2-7H3,(H2,20,21,23). The summed E-state index contributed by atoms with van der Waals surface area (Å²) in [6, 6.07) is 0. The molecule has 2 N–H and O–H groups in total. The van der Waals surface area contributed by atoms with Crippen molar-refractivity contribution in [3.05, 3.63) is 6.92 Å². The molecule has 0 heterocycles. The van der Waals surface area contributed by atoms with E-state index in [2.05, 4.69) is 12.2 Å². The average molecular weight is 371 g/mol. The first kappa shape index (κ1) is 24.2. The molecule has 1 radical (unpaired) electrons. The van der Waals surface area contributed by atoms with Crippen LogP contribution >= 0.6 is 0 Å². The second-order valence-electron chi connectivity index (χ2n) is 8.23. The van der Waals surface area contributed by atoms with Crippen LogP contribution in [0.15, 0.2) is 0 Å². The Kier molecular flexibility index (Phi) is 10.3. The van der Waals surface area contributed by atoms with Gasteiger partial charge >= 0.3 is 12.2 Å². The fourth-order valence-corrected chi connectivity index (χ4v) is 2.06. The minimum Gasteiger partial charge on any atom is -0.444 e. The number of nitrogens with one attached hydrogen (secondary N) is 2. The summed E-state index contributed by atoms with van der Waals surface area (Å²) in [4.78, 5) is 25.4. The topological polar surface area (TPSA) is 91.7 Å². The monoisotopic (exact) mass is 370 g/mol. The van der Waals surface area contributed by atoms with Gasteiger partial charge in [-0.05, 0) is 48.0 Å². The Balaban J connectivity index is 4.77. The number of alkyl carbamates (subject to hydrolysis) is 1. The highest BCUT2D eigenvalue weighted by Crippen LogP contribution is 2.12. The maximum atomic E-state index is 12.4. The first-order valence-electron chi connectivity index (χ1n) is 9.24. The van der Waals surface area contributed by atoms with E-state index in [9.17, 15) is 9.59 Å². The third-order valence-corrected chi connectivity index (χ3v) is 3.13. The van der Waals surface area contributed by atoms with E-state index in [0.29, 0.717) is 6.54 Å². The lowest BCUT2D eigenvalue weighted by atomic mass is 10.1. The number of unbranched alkanes of at least 4 members (excludes halogenated alkanes) is 5. The van der Waals surface area contributed by atoms with E-state index in [0.717, 1.165) is 43.4 Å². The minimum atomic E-state index is -0.772. The summed E-state index contributed by atoms with van der Waals surface area (Å²) in [5, 5.41) is 10.4. The zero-order valence-corrected chi connectivity index (χ0v) is 17.2. The Morgan fingerprint density at radius 2 is 1.42 bits per heavy atom. The molecule has 0 bridgehead atoms. The van der Waals surface area contributed by atoms with E-state index < -0.39 is 23.4 Å². The van der Waals surface area contributed by atoms with Crippen molar-refractivity contribution in [1.29, 1.82) is 5.41 Å². The number of amides is 2.